The highest BCUT2D eigenvalue weighted by atomic mass is 79.9. The van der Waals surface area contributed by atoms with Gasteiger partial charge in [-0.15, -0.1) is 0 Å². The number of hydrogen-bond acceptors (Lipinski definition) is 4. The van der Waals surface area contributed by atoms with E-state index in [-0.39, 0.29) is 0 Å². The van der Waals surface area contributed by atoms with E-state index in [0.717, 1.165) is 48.5 Å². The van der Waals surface area contributed by atoms with E-state index in [1.165, 1.54) is 12.0 Å². The van der Waals surface area contributed by atoms with Gasteiger partial charge >= 0.3 is 0 Å². The number of methoxy groups -OCH3 is 1. The van der Waals surface area contributed by atoms with Crippen molar-refractivity contribution in [2.24, 2.45) is 0 Å². The second-order valence-electron chi connectivity index (χ2n) is 5.22. The summed E-state index contributed by atoms with van der Waals surface area (Å²) in [5.41, 5.74) is 1.17. The summed E-state index contributed by atoms with van der Waals surface area (Å²) in [5.74, 6) is 1.55. The monoisotopic (exact) mass is 357 g/mol. The Morgan fingerprint density at radius 3 is 2.95 bits per heavy atom. The molecule has 1 N–H and O–H groups in total. The van der Waals surface area contributed by atoms with Crippen molar-refractivity contribution >= 4 is 15.9 Å². The van der Waals surface area contributed by atoms with Crippen molar-refractivity contribution in [3.8, 4) is 11.5 Å². The van der Waals surface area contributed by atoms with Gasteiger partial charge < -0.3 is 19.5 Å². The van der Waals surface area contributed by atoms with Crippen LogP contribution in [0.3, 0.4) is 0 Å². The van der Waals surface area contributed by atoms with Crippen LogP contribution in [0, 0.1) is 0 Å². The van der Waals surface area contributed by atoms with E-state index in [0.29, 0.717) is 12.7 Å². The molecule has 1 unspecified atom stereocenters. The largest absolute Gasteiger partial charge is 0.493 e. The Kier molecular flexibility index (Phi) is 6.80. The highest BCUT2D eigenvalue weighted by molar-refractivity contribution is 9.10. The summed E-state index contributed by atoms with van der Waals surface area (Å²) in [7, 11) is 1.67. The fourth-order valence-corrected chi connectivity index (χ4v) is 3.01. The maximum atomic E-state index is 5.74. The Balaban J connectivity index is 1.94. The molecule has 0 radical (unpaired) electrons. The van der Waals surface area contributed by atoms with Crippen molar-refractivity contribution in [3.05, 3.63) is 22.2 Å². The summed E-state index contributed by atoms with van der Waals surface area (Å²) in [6, 6.07) is 4.11. The van der Waals surface area contributed by atoms with Gasteiger partial charge in [0.15, 0.2) is 11.5 Å². The van der Waals surface area contributed by atoms with Crippen LogP contribution in [0.5, 0.6) is 11.5 Å². The average Bonchev–Trinajstić information content (AvgIpc) is 2.99. The number of ether oxygens (including phenoxy) is 3. The van der Waals surface area contributed by atoms with Crippen molar-refractivity contribution in [1.29, 1.82) is 0 Å². The third-order valence-corrected chi connectivity index (χ3v) is 4.05. The van der Waals surface area contributed by atoms with Gasteiger partial charge in [-0.05, 0) is 52.9 Å². The molecule has 1 atom stereocenters. The lowest BCUT2D eigenvalue weighted by Crippen LogP contribution is -2.25. The number of nitrogens with one attached hydrogen (secondary N) is 1. The minimum absolute atomic E-state index is 0.363. The Morgan fingerprint density at radius 1 is 1.43 bits per heavy atom. The SMILES string of the molecule is CCCOc1c(Br)cc(CNCC2CCCO2)cc1OC. The summed E-state index contributed by atoms with van der Waals surface area (Å²) >= 11 is 3.57. The van der Waals surface area contributed by atoms with Gasteiger partial charge in [0.1, 0.15) is 0 Å². The number of benzene rings is 1. The molecule has 0 bridgehead atoms. The van der Waals surface area contributed by atoms with Gasteiger partial charge in [0.05, 0.1) is 24.3 Å². The van der Waals surface area contributed by atoms with Crippen molar-refractivity contribution in [3.63, 3.8) is 0 Å². The smallest absolute Gasteiger partial charge is 0.175 e. The summed E-state index contributed by atoms with van der Waals surface area (Å²) in [6.07, 6.45) is 3.67. The maximum absolute atomic E-state index is 5.74. The lowest BCUT2D eigenvalue weighted by atomic mass is 10.2. The Labute approximate surface area is 135 Å². The molecule has 1 aliphatic rings. The number of halogens is 1. The fourth-order valence-electron chi connectivity index (χ4n) is 2.40. The van der Waals surface area contributed by atoms with Crippen LogP contribution < -0.4 is 14.8 Å². The summed E-state index contributed by atoms with van der Waals surface area (Å²) in [4.78, 5) is 0. The van der Waals surface area contributed by atoms with Gasteiger partial charge in [-0.3, -0.25) is 0 Å². The highest BCUT2D eigenvalue weighted by Crippen LogP contribution is 2.36. The molecule has 0 aliphatic carbocycles. The van der Waals surface area contributed by atoms with Gasteiger partial charge in [-0.2, -0.15) is 0 Å². The van der Waals surface area contributed by atoms with Crippen LogP contribution in [0.1, 0.15) is 31.7 Å². The molecule has 4 nitrogen and oxygen atoms in total. The molecule has 0 aromatic heterocycles. The molecule has 1 aliphatic heterocycles. The first-order valence-corrected chi connectivity index (χ1v) is 8.35. The maximum Gasteiger partial charge on any atom is 0.175 e. The van der Waals surface area contributed by atoms with Crippen LogP contribution in [0.4, 0.5) is 0 Å². The second kappa shape index (κ2) is 8.61. The number of rotatable bonds is 8. The van der Waals surface area contributed by atoms with E-state index in [4.69, 9.17) is 14.2 Å². The zero-order chi connectivity index (χ0) is 15.1. The Bertz CT molecular complexity index is 447. The zero-order valence-corrected chi connectivity index (χ0v) is 14.4. The average molecular weight is 358 g/mol. The van der Waals surface area contributed by atoms with Crippen LogP contribution in [0.25, 0.3) is 0 Å². The summed E-state index contributed by atoms with van der Waals surface area (Å²) in [5, 5.41) is 3.44. The predicted octanol–water partition coefficient (Wildman–Crippen LogP) is 3.52. The second-order valence-corrected chi connectivity index (χ2v) is 6.08. The lowest BCUT2D eigenvalue weighted by molar-refractivity contribution is 0.110. The molecule has 1 aromatic carbocycles. The molecular formula is C16H24BrNO3. The molecule has 0 saturated carbocycles. The molecule has 5 heteroatoms. The first kappa shape index (κ1) is 16.6. The molecule has 0 amide bonds. The van der Waals surface area contributed by atoms with Crippen LogP contribution in [-0.4, -0.2) is 33.0 Å². The van der Waals surface area contributed by atoms with E-state index < -0.39 is 0 Å². The third-order valence-electron chi connectivity index (χ3n) is 3.46. The van der Waals surface area contributed by atoms with Crippen LogP contribution in [-0.2, 0) is 11.3 Å². The predicted molar refractivity (Wildman–Crippen MR) is 87.2 cm³/mol. The zero-order valence-electron chi connectivity index (χ0n) is 12.8. The molecule has 0 spiro atoms. The van der Waals surface area contributed by atoms with Gasteiger partial charge in [-0.1, -0.05) is 6.92 Å². The fraction of sp³-hybridized carbons (Fsp3) is 0.625. The number of hydrogen-bond donors (Lipinski definition) is 1. The summed E-state index contributed by atoms with van der Waals surface area (Å²) in [6.45, 7) is 5.36. The van der Waals surface area contributed by atoms with Crippen molar-refractivity contribution in [1.82, 2.24) is 5.32 Å². The van der Waals surface area contributed by atoms with E-state index >= 15 is 0 Å². The van der Waals surface area contributed by atoms with Gasteiger partial charge in [-0.25, -0.2) is 0 Å². The van der Waals surface area contributed by atoms with E-state index in [1.54, 1.807) is 7.11 Å². The minimum atomic E-state index is 0.363. The van der Waals surface area contributed by atoms with Crippen LogP contribution in [0.15, 0.2) is 16.6 Å². The molecule has 21 heavy (non-hydrogen) atoms. The van der Waals surface area contributed by atoms with Crippen molar-refractivity contribution < 1.29 is 14.2 Å². The van der Waals surface area contributed by atoms with Crippen LogP contribution in [0.2, 0.25) is 0 Å². The summed E-state index contributed by atoms with van der Waals surface area (Å²) < 4.78 is 17.7. The highest BCUT2D eigenvalue weighted by Gasteiger charge is 2.15. The topological polar surface area (TPSA) is 39.7 Å². The van der Waals surface area contributed by atoms with Crippen LogP contribution >= 0.6 is 15.9 Å². The lowest BCUT2D eigenvalue weighted by Gasteiger charge is -2.15. The van der Waals surface area contributed by atoms with E-state index in [2.05, 4.69) is 34.2 Å². The molecule has 1 heterocycles. The van der Waals surface area contributed by atoms with E-state index in [9.17, 15) is 0 Å². The minimum Gasteiger partial charge on any atom is -0.493 e. The first-order valence-electron chi connectivity index (χ1n) is 7.56. The van der Waals surface area contributed by atoms with Crippen molar-refractivity contribution in [2.45, 2.75) is 38.8 Å². The normalized spacial score (nSPS) is 18.0. The van der Waals surface area contributed by atoms with E-state index in [1.807, 2.05) is 6.07 Å². The third kappa shape index (κ3) is 4.87. The molecular weight excluding hydrogens is 334 g/mol. The molecule has 1 fully saturated rings. The quantitative estimate of drug-likeness (QED) is 0.772. The van der Waals surface area contributed by atoms with Gasteiger partial charge in [0.2, 0.25) is 0 Å². The first-order chi connectivity index (χ1) is 10.2. The molecule has 1 aromatic rings. The molecule has 1 saturated heterocycles. The standard InChI is InChI=1S/C16H24BrNO3/c1-3-6-21-16-14(17)8-12(9-15(16)19-2)10-18-11-13-5-4-7-20-13/h8-9,13,18H,3-7,10-11H2,1-2H3. The Hall–Kier alpha value is -0.780. The molecule has 118 valence electrons. The Morgan fingerprint density at radius 2 is 2.29 bits per heavy atom. The van der Waals surface area contributed by atoms with Gasteiger partial charge in [0.25, 0.3) is 0 Å². The molecule has 2 rings (SSSR count). The van der Waals surface area contributed by atoms with Gasteiger partial charge in [0, 0.05) is 19.7 Å². The van der Waals surface area contributed by atoms with Crippen molar-refractivity contribution in [2.75, 3.05) is 26.9 Å².